The minimum atomic E-state index is -4.73. The maximum absolute atomic E-state index is 13.3. The number of rotatable bonds is 8. The lowest BCUT2D eigenvalue weighted by Gasteiger charge is -2.16. The highest BCUT2D eigenvalue weighted by atomic mass is 19.4. The van der Waals surface area contributed by atoms with E-state index < -0.39 is 40.8 Å². The summed E-state index contributed by atoms with van der Waals surface area (Å²) in [6.07, 6.45) is -5.69. The molecule has 7 nitrogen and oxygen atoms in total. The SMILES string of the molecule is Cc1ccc(Nc2ccc(CNC(=O)C3(CC(=O)c4cnc(C(F)(F)F)nc4)CC3)nc2)c(C(F)(F)F)c1. The fourth-order valence-electron chi connectivity index (χ4n) is 3.78. The highest BCUT2D eigenvalue weighted by Crippen LogP contribution is 2.49. The van der Waals surface area contributed by atoms with Crippen LogP contribution in [0, 0.1) is 12.3 Å². The molecule has 0 aliphatic heterocycles. The van der Waals surface area contributed by atoms with Gasteiger partial charge < -0.3 is 10.6 Å². The monoisotopic (exact) mass is 537 g/mol. The number of aryl methyl sites for hydroxylation is 1. The summed E-state index contributed by atoms with van der Waals surface area (Å²) in [4.78, 5) is 35.7. The number of amides is 1. The van der Waals surface area contributed by atoms with E-state index in [2.05, 4.69) is 25.6 Å². The Morgan fingerprint density at radius 3 is 2.16 bits per heavy atom. The van der Waals surface area contributed by atoms with Crippen molar-refractivity contribution in [2.45, 2.75) is 45.1 Å². The van der Waals surface area contributed by atoms with Gasteiger partial charge >= 0.3 is 12.4 Å². The summed E-state index contributed by atoms with van der Waals surface area (Å²) >= 11 is 0. The fourth-order valence-corrected chi connectivity index (χ4v) is 3.78. The third kappa shape index (κ3) is 6.26. The van der Waals surface area contributed by atoms with Crippen LogP contribution in [0.15, 0.2) is 48.9 Å². The average Bonchev–Trinajstić information content (AvgIpc) is 3.64. The number of nitrogens with zero attached hydrogens (tertiary/aromatic N) is 3. The Labute approximate surface area is 212 Å². The summed E-state index contributed by atoms with van der Waals surface area (Å²) in [7, 11) is 0. The molecule has 200 valence electrons. The molecule has 3 aromatic rings. The first-order valence-electron chi connectivity index (χ1n) is 11.4. The summed E-state index contributed by atoms with van der Waals surface area (Å²) in [5.41, 5.74) is -0.801. The Hall–Kier alpha value is -4.03. The summed E-state index contributed by atoms with van der Waals surface area (Å²) < 4.78 is 77.9. The smallest absolute Gasteiger partial charge is 0.354 e. The van der Waals surface area contributed by atoms with Crippen LogP contribution < -0.4 is 10.6 Å². The van der Waals surface area contributed by atoms with Gasteiger partial charge in [0, 0.05) is 18.8 Å². The molecule has 0 spiro atoms. The summed E-state index contributed by atoms with van der Waals surface area (Å²) in [5.74, 6) is -2.31. The van der Waals surface area contributed by atoms with Crippen molar-refractivity contribution in [3.8, 4) is 0 Å². The lowest BCUT2D eigenvalue weighted by atomic mass is 9.95. The number of benzene rings is 1. The van der Waals surface area contributed by atoms with Gasteiger partial charge in [-0.25, -0.2) is 9.97 Å². The van der Waals surface area contributed by atoms with Gasteiger partial charge in [-0.2, -0.15) is 26.3 Å². The molecule has 1 amide bonds. The van der Waals surface area contributed by atoms with E-state index in [1.807, 2.05) is 0 Å². The second kappa shape index (κ2) is 10.0. The number of ketones is 1. The largest absolute Gasteiger partial charge is 0.451 e. The van der Waals surface area contributed by atoms with E-state index in [0.29, 0.717) is 29.8 Å². The van der Waals surface area contributed by atoms with Gasteiger partial charge in [0.1, 0.15) is 0 Å². The predicted octanol–water partition coefficient (Wildman–Crippen LogP) is 5.63. The van der Waals surface area contributed by atoms with E-state index in [1.54, 1.807) is 13.0 Å². The molecule has 0 atom stereocenters. The molecule has 1 aliphatic rings. The van der Waals surface area contributed by atoms with Crippen LogP contribution in [0.5, 0.6) is 0 Å². The molecule has 4 rings (SSSR count). The number of nitrogens with one attached hydrogen (secondary N) is 2. The first-order chi connectivity index (χ1) is 17.8. The van der Waals surface area contributed by atoms with E-state index >= 15 is 0 Å². The van der Waals surface area contributed by atoms with E-state index in [9.17, 15) is 35.9 Å². The van der Waals surface area contributed by atoms with E-state index in [0.717, 1.165) is 18.5 Å². The summed E-state index contributed by atoms with van der Waals surface area (Å²) in [5, 5.41) is 5.39. The Morgan fingerprint density at radius 2 is 1.61 bits per heavy atom. The van der Waals surface area contributed by atoms with Crippen LogP contribution in [0.4, 0.5) is 37.7 Å². The Bertz CT molecular complexity index is 1330. The van der Waals surface area contributed by atoms with E-state index in [4.69, 9.17) is 0 Å². The van der Waals surface area contributed by atoms with E-state index in [1.165, 1.54) is 24.4 Å². The van der Waals surface area contributed by atoms with Crippen molar-refractivity contribution < 1.29 is 35.9 Å². The number of pyridine rings is 1. The lowest BCUT2D eigenvalue weighted by Crippen LogP contribution is -2.33. The molecule has 2 N–H and O–H groups in total. The summed E-state index contributed by atoms with van der Waals surface area (Å²) in [6.45, 7) is 1.57. The molecule has 0 unspecified atom stereocenters. The predicted molar refractivity (Wildman–Crippen MR) is 123 cm³/mol. The van der Waals surface area contributed by atoms with Crippen LogP contribution in [0.2, 0.25) is 0 Å². The van der Waals surface area contributed by atoms with Gasteiger partial charge in [0.15, 0.2) is 5.78 Å². The normalized spacial score (nSPS) is 14.6. The molecular formula is C25H21F6N5O2. The Balaban J connectivity index is 1.34. The van der Waals surface area contributed by atoms with Crippen molar-refractivity contribution in [3.05, 3.63) is 77.1 Å². The van der Waals surface area contributed by atoms with Crippen LogP contribution in [-0.2, 0) is 23.7 Å². The van der Waals surface area contributed by atoms with Crippen molar-refractivity contribution in [1.82, 2.24) is 20.3 Å². The van der Waals surface area contributed by atoms with Gasteiger partial charge in [0.25, 0.3) is 0 Å². The van der Waals surface area contributed by atoms with Gasteiger partial charge in [-0.1, -0.05) is 11.6 Å². The second-order valence-electron chi connectivity index (χ2n) is 9.07. The quantitative estimate of drug-likeness (QED) is 0.286. The van der Waals surface area contributed by atoms with Crippen LogP contribution in [0.25, 0.3) is 0 Å². The first kappa shape index (κ1) is 27.0. The van der Waals surface area contributed by atoms with Crippen LogP contribution in [-0.4, -0.2) is 26.6 Å². The van der Waals surface area contributed by atoms with Crippen molar-refractivity contribution in [1.29, 1.82) is 0 Å². The fraction of sp³-hybridized carbons (Fsp3) is 0.320. The van der Waals surface area contributed by atoms with Gasteiger partial charge in [-0.3, -0.25) is 14.6 Å². The minimum Gasteiger partial charge on any atom is -0.354 e. The molecule has 2 heterocycles. The number of anilines is 2. The number of alkyl halides is 6. The molecule has 2 aromatic heterocycles. The average molecular weight is 537 g/mol. The van der Waals surface area contributed by atoms with Crippen LogP contribution >= 0.6 is 0 Å². The highest BCUT2D eigenvalue weighted by Gasteiger charge is 2.51. The molecule has 0 bridgehead atoms. The summed E-state index contributed by atoms with van der Waals surface area (Å²) in [6, 6.07) is 6.99. The van der Waals surface area contributed by atoms with E-state index in [-0.39, 0.29) is 24.2 Å². The van der Waals surface area contributed by atoms with Crippen molar-refractivity contribution >= 4 is 23.1 Å². The standard InChI is InChI=1S/C25H21F6N5O2/c1-14-2-5-19(18(8-14)24(26,27)28)36-17-4-3-16(32-13-17)12-35-22(38)23(6-7-23)9-20(37)15-10-33-21(34-11-15)25(29,30)31/h2-5,8,10-11,13,36H,6-7,9,12H2,1H3,(H,35,38). The first-order valence-corrected chi connectivity index (χ1v) is 11.4. The molecule has 13 heteroatoms. The molecular weight excluding hydrogens is 516 g/mol. The van der Waals surface area contributed by atoms with Gasteiger partial charge in [0.05, 0.1) is 46.4 Å². The molecule has 0 saturated heterocycles. The molecule has 1 aromatic carbocycles. The van der Waals surface area contributed by atoms with Crippen molar-refractivity contribution in [2.75, 3.05) is 5.32 Å². The lowest BCUT2D eigenvalue weighted by molar-refractivity contribution is -0.145. The maximum Gasteiger partial charge on any atom is 0.451 e. The number of aromatic nitrogens is 3. The Kier molecular flexibility index (Phi) is 7.13. The van der Waals surface area contributed by atoms with Crippen LogP contribution in [0.1, 0.15) is 52.3 Å². The second-order valence-corrected chi connectivity index (χ2v) is 9.07. The van der Waals surface area contributed by atoms with Crippen molar-refractivity contribution in [3.63, 3.8) is 0 Å². The van der Waals surface area contributed by atoms with Gasteiger partial charge in [-0.15, -0.1) is 0 Å². The van der Waals surface area contributed by atoms with Crippen LogP contribution in [0.3, 0.4) is 0 Å². The maximum atomic E-state index is 13.3. The highest BCUT2D eigenvalue weighted by molar-refractivity contribution is 6.00. The molecule has 1 fully saturated rings. The third-order valence-corrected chi connectivity index (χ3v) is 6.08. The minimum absolute atomic E-state index is 0.0107. The number of halogens is 6. The molecule has 1 aliphatic carbocycles. The number of hydrogen-bond acceptors (Lipinski definition) is 6. The molecule has 1 saturated carbocycles. The van der Waals surface area contributed by atoms with Gasteiger partial charge in [0.2, 0.25) is 11.7 Å². The molecule has 38 heavy (non-hydrogen) atoms. The number of carbonyl (C=O) groups is 2. The topological polar surface area (TPSA) is 96.9 Å². The zero-order chi connectivity index (χ0) is 27.7. The zero-order valence-electron chi connectivity index (χ0n) is 19.9. The number of hydrogen-bond donors (Lipinski definition) is 2. The Morgan fingerprint density at radius 1 is 0.921 bits per heavy atom. The molecule has 0 radical (unpaired) electrons. The third-order valence-electron chi connectivity index (χ3n) is 6.08. The number of Topliss-reactive ketones (excluding diaryl/α,β-unsaturated/α-hetero) is 1. The van der Waals surface area contributed by atoms with Gasteiger partial charge in [-0.05, 0) is 44.0 Å². The number of carbonyl (C=O) groups excluding carboxylic acids is 2. The zero-order valence-corrected chi connectivity index (χ0v) is 19.9. The van der Waals surface area contributed by atoms with Crippen molar-refractivity contribution in [2.24, 2.45) is 5.41 Å².